The number of anilines is 1. The number of sulfonamides is 1. The molecule has 0 radical (unpaired) electrons. The molecule has 0 atom stereocenters. The summed E-state index contributed by atoms with van der Waals surface area (Å²) in [6.07, 6.45) is 1.68. The molecule has 0 spiro atoms. The van der Waals surface area contributed by atoms with Crippen molar-refractivity contribution in [2.45, 2.75) is 26.1 Å². The summed E-state index contributed by atoms with van der Waals surface area (Å²) < 4.78 is 27.7. The van der Waals surface area contributed by atoms with Crippen LogP contribution in [0.3, 0.4) is 0 Å². The smallest absolute Gasteiger partial charge is 0.218 e. The summed E-state index contributed by atoms with van der Waals surface area (Å²) in [7, 11) is -3.42. The molecule has 2 heterocycles. The molecule has 5 nitrogen and oxygen atoms in total. The molecule has 148 valence electrons. The predicted octanol–water partition coefficient (Wildman–Crippen LogP) is 4.38. The number of hydrogen-bond acceptors (Lipinski definition) is 5. The number of thiophene rings is 1. The van der Waals surface area contributed by atoms with E-state index >= 15 is 0 Å². The topological polar surface area (TPSA) is 76.3 Å². The third kappa shape index (κ3) is 5.41. The maximum absolute atomic E-state index is 13.1. The van der Waals surface area contributed by atoms with Crippen molar-refractivity contribution in [3.63, 3.8) is 0 Å². The average molecular weight is 416 g/mol. The molecule has 0 aliphatic rings. The van der Waals surface area contributed by atoms with Gasteiger partial charge in [0.15, 0.2) is 0 Å². The first-order chi connectivity index (χ1) is 13.3. The van der Waals surface area contributed by atoms with Crippen molar-refractivity contribution in [2.75, 3.05) is 12.3 Å². The number of benzene rings is 1. The lowest BCUT2D eigenvalue weighted by Crippen LogP contribution is -2.34. The number of nitrogens with zero attached hydrogens (tertiary/aromatic N) is 2. The van der Waals surface area contributed by atoms with E-state index in [0.717, 1.165) is 20.9 Å². The molecule has 7 heteroatoms. The lowest BCUT2D eigenvalue weighted by molar-refractivity contribution is 0.364. The molecule has 2 aromatic heterocycles. The third-order valence-electron chi connectivity index (χ3n) is 4.21. The molecule has 0 aliphatic carbocycles. The zero-order chi connectivity index (χ0) is 20.1. The van der Waals surface area contributed by atoms with Crippen molar-refractivity contribution >= 4 is 27.2 Å². The van der Waals surface area contributed by atoms with Gasteiger partial charge >= 0.3 is 0 Å². The first kappa shape index (κ1) is 20.5. The summed E-state index contributed by atoms with van der Waals surface area (Å²) in [6.45, 7) is 4.93. The minimum absolute atomic E-state index is 0.0136. The van der Waals surface area contributed by atoms with E-state index in [2.05, 4.69) is 4.98 Å². The predicted molar refractivity (Wildman–Crippen MR) is 116 cm³/mol. The van der Waals surface area contributed by atoms with Gasteiger partial charge in [0.25, 0.3) is 0 Å². The Morgan fingerprint density at radius 3 is 2.54 bits per heavy atom. The molecule has 0 fully saturated rings. The van der Waals surface area contributed by atoms with Gasteiger partial charge in [-0.25, -0.2) is 13.4 Å². The van der Waals surface area contributed by atoms with Crippen molar-refractivity contribution < 1.29 is 8.42 Å². The van der Waals surface area contributed by atoms with E-state index in [9.17, 15) is 8.42 Å². The highest BCUT2D eigenvalue weighted by Crippen LogP contribution is 2.30. The van der Waals surface area contributed by atoms with Crippen molar-refractivity contribution in [3.05, 3.63) is 71.2 Å². The van der Waals surface area contributed by atoms with Crippen LogP contribution >= 0.6 is 11.3 Å². The van der Waals surface area contributed by atoms with Gasteiger partial charge in [-0.2, -0.15) is 4.31 Å². The van der Waals surface area contributed by atoms with E-state index in [1.54, 1.807) is 21.8 Å². The van der Waals surface area contributed by atoms with Crippen LogP contribution in [0.1, 0.15) is 24.3 Å². The first-order valence-electron chi connectivity index (χ1n) is 9.16. The largest absolute Gasteiger partial charge is 0.384 e. The summed E-state index contributed by atoms with van der Waals surface area (Å²) in [4.78, 5) is 6.07. The molecule has 1 aromatic carbocycles. The van der Waals surface area contributed by atoms with Crippen molar-refractivity contribution in [3.8, 4) is 10.4 Å². The van der Waals surface area contributed by atoms with E-state index in [1.165, 1.54) is 0 Å². The Balaban J connectivity index is 1.81. The van der Waals surface area contributed by atoms with Crippen LogP contribution in [-0.4, -0.2) is 24.3 Å². The molecule has 0 aliphatic heterocycles. The summed E-state index contributed by atoms with van der Waals surface area (Å²) >= 11 is 1.58. The summed E-state index contributed by atoms with van der Waals surface area (Å²) in [5.41, 5.74) is 7.57. The van der Waals surface area contributed by atoms with Gasteiger partial charge in [0.1, 0.15) is 5.82 Å². The van der Waals surface area contributed by atoms with Crippen LogP contribution in [0, 0.1) is 5.92 Å². The van der Waals surface area contributed by atoms with Crippen LogP contribution in [0.4, 0.5) is 5.82 Å². The summed E-state index contributed by atoms with van der Waals surface area (Å²) in [5.74, 6) is 0.726. The Morgan fingerprint density at radius 1 is 1.11 bits per heavy atom. The number of nitrogen functional groups attached to an aromatic ring is 1. The van der Waals surface area contributed by atoms with Gasteiger partial charge < -0.3 is 5.73 Å². The summed E-state index contributed by atoms with van der Waals surface area (Å²) in [6, 6.07) is 17.0. The van der Waals surface area contributed by atoms with E-state index in [4.69, 9.17) is 5.73 Å². The van der Waals surface area contributed by atoms with Gasteiger partial charge in [0.05, 0.1) is 5.75 Å². The number of pyridine rings is 1. The molecule has 0 saturated heterocycles. The maximum atomic E-state index is 13.1. The molecule has 0 amide bonds. The van der Waals surface area contributed by atoms with Crippen molar-refractivity contribution in [1.82, 2.24) is 9.29 Å². The lowest BCUT2D eigenvalue weighted by atomic mass is 10.2. The fourth-order valence-corrected chi connectivity index (χ4v) is 5.71. The summed E-state index contributed by atoms with van der Waals surface area (Å²) in [5, 5.41) is 0. The Kier molecular flexibility index (Phi) is 6.49. The molecule has 0 saturated carbocycles. The van der Waals surface area contributed by atoms with Gasteiger partial charge in [-0.3, -0.25) is 0 Å². The van der Waals surface area contributed by atoms with Gasteiger partial charge in [-0.15, -0.1) is 11.3 Å². The van der Waals surface area contributed by atoms with E-state index in [1.807, 2.05) is 68.4 Å². The van der Waals surface area contributed by atoms with E-state index < -0.39 is 10.0 Å². The van der Waals surface area contributed by atoms with Crippen LogP contribution in [0.2, 0.25) is 0 Å². The average Bonchev–Trinajstić information content (AvgIpc) is 3.10. The molecule has 3 aromatic rings. The second-order valence-electron chi connectivity index (χ2n) is 7.16. The van der Waals surface area contributed by atoms with Crippen LogP contribution in [0.5, 0.6) is 0 Å². The van der Waals surface area contributed by atoms with Crippen LogP contribution in [0.25, 0.3) is 10.4 Å². The van der Waals surface area contributed by atoms with Crippen molar-refractivity contribution in [1.29, 1.82) is 0 Å². The van der Waals surface area contributed by atoms with E-state index in [-0.39, 0.29) is 11.7 Å². The third-order valence-corrected chi connectivity index (χ3v) is 7.10. The van der Waals surface area contributed by atoms with Gasteiger partial charge in [0, 0.05) is 29.0 Å². The molecule has 3 rings (SSSR count). The van der Waals surface area contributed by atoms with Crippen LogP contribution in [-0.2, 0) is 22.3 Å². The first-order valence-corrected chi connectivity index (χ1v) is 11.6. The fourth-order valence-electron chi connectivity index (χ4n) is 2.95. The second kappa shape index (κ2) is 8.86. The highest BCUT2D eigenvalue weighted by molar-refractivity contribution is 7.88. The Labute approximate surface area is 170 Å². The normalized spacial score (nSPS) is 12.0. The molecular formula is C21H25N3O2S2. The van der Waals surface area contributed by atoms with Gasteiger partial charge in [-0.1, -0.05) is 44.2 Å². The standard InChI is InChI=1S/C21H25N3O2S2/c1-16(2)13-24(28(25,26)15-17-6-4-3-5-7-17)14-19-8-9-20(27-19)18-10-11-23-21(22)12-18/h3-12,16H,13-15H2,1-2H3,(H2,22,23). The second-order valence-corrected chi connectivity index (χ2v) is 10.3. The lowest BCUT2D eigenvalue weighted by Gasteiger charge is -2.23. The quantitative estimate of drug-likeness (QED) is 0.592. The molecule has 2 N–H and O–H groups in total. The highest BCUT2D eigenvalue weighted by atomic mass is 32.2. The maximum Gasteiger partial charge on any atom is 0.218 e. The minimum Gasteiger partial charge on any atom is -0.384 e. The van der Waals surface area contributed by atoms with E-state index in [0.29, 0.717) is 18.9 Å². The van der Waals surface area contributed by atoms with Crippen LogP contribution < -0.4 is 5.73 Å². The Hall–Kier alpha value is -2.22. The Morgan fingerprint density at radius 2 is 1.86 bits per heavy atom. The number of rotatable bonds is 8. The SMILES string of the molecule is CC(C)CN(Cc1ccc(-c2ccnc(N)c2)s1)S(=O)(=O)Cc1ccccc1. The zero-order valence-corrected chi connectivity index (χ0v) is 17.7. The number of aromatic nitrogens is 1. The molecular weight excluding hydrogens is 390 g/mol. The number of hydrogen-bond donors (Lipinski definition) is 1. The van der Waals surface area contributed by atoms with Crippen LogP contribution in [0.15, 0.2) is 60.8 Å². The Bertz CT molecular complexity index is 1010. The van der Waals surface area contributed by atoms with Gasteiger partial charge in [0.2, 0.25) is 10.0 Å². The molecule has 0 unspecified atom stereocenters. The fraction of sp³-hybridized carbons (Fsp3) is 0.286. The highest BCUT2D eigenvalue weighted by Gasteiger charge is 2.24. The minimum atomic E-state index is -3.42. The molecule has 0 bridgehead atoms. The molecule has 28 heavy (non-hydrogen) atoms. The number of nitrogens with two attached hydrogens (primary N) is 1. The van der Waals surface area contributed by atoms with Crippen molar-refractivity contribution in [2.24, 2.45) is 5.92 Å². The van der Waals surface area contributed by atoms with Gasteiger partial charge in [-0.05, 0) is 41.3 Å². The zero-order valence-electron chi connectivity index (χ0n) is 16.1. The monoisotopic (exact) mass is 415 g/mol.